The maximum atomic E-state index is 13.3. The standard InChI is InChI=1S/C10H9FN3/c1-7-6-14(13-8(7)2)10-9(11)4-3-5-12-10/h3-6H,1H2,2H3. The van der Waals surface area contributed by atoms with E-state index in [4.69, 9.17) is 0 Å². The van der Waals surface area contributed by atoms with Crippen LogP contribution < -0.4 is 0 Å². The van der Waals surface area contributed by atoms with Gasteiger partial charge in [-0.15, -0.1) is 0 Å². The minimum atomic E-state index is -0.394. The molecule has 0 saturated heterocycles. The molecule has 71 valence electrons. The molecule has 0 unspecified atom stereocenters. The summed E-state index contributed by atoms with van der Waals surface area (Å²) in [4.78, 5) is 3.90. The molecule has 0 atom stereocenters. The smallest absolute Gasteiger partial charge is 0.189 e. The maximum absolute atomic E-state index is 13.3. The van der Waals surface area contributed by atoms with Gasteiger partial charge in [0, 0.05) is 12.4 Å². The van der Waals surface area contributed by atoms with E-state index in [0.717, 1.165) is 11.3 Å². The second-order valence-corrected chi connectivity index (χ2v) is 2.99. The Morgan fingerprint density at radius 2 is 2.29 bits per heavy atom. The monoisotopic (exact) mass is 190 g/mol. The van der Waals surface area contributed by atoms with Crippen LogP contribution in [0.2, 0.25) is 0 Å². The van der Waals surface area contributed by atoms with Crippen molar-refractivity contribution in [3.8, 4) is 5.82 Å². The molecular weight excluding hydrogens is 181 g/mol. The van der Waals surface area contributed by atoms with Gasteiger partial charge in [-0.1, -0.05) is 0 Å². The fourth-order valence-electron chi connectivity index (χ4n) is 1.15. The van der Waals surface area contributed by atoms with E-state index in [2.05, 4.69) is 17.0 Å². The van der Waals surface area contributed by atoms with Gasteiger partial charge >= 0.3 is 0 Å². The van der Waals surface area contributed by atoms with Crippen molar-refractivity contribution in [2.24, 2.45) is 0 Å². The number of rotatable bonds is 1. The first-order valence-corrected chi connectivity index (χ1v) is 4.17. The first-order valence-electron chi connectivity index (χ1n) is 4.17. The molecule has 0 aliphatic heterocycles. The largest absolute Gasteiger partial charge is 0.235 e. The Morgan fingerprint density at radius 3 is 2.86 bits per heavy atom. The molecule has 2 aromatic rings. The van der Waals surface area contributed by atoms with Gasteiger partial charge in [0.25, 0.3) is 0 Å². The summed E-state index contributed by atoms with van der Waals surface area (Å²) in [5.74, 6) is -0.194. The van der Waals surface area contributed by atoms with Crippen LogP contribution in [0.15, 0.2) is 24.5 Å². The minimum absolute atomic E-state index is 0.200. The van der Waals surface area contributed by atoms with E-state index in [-0.39, 0.29) is 5.82 Å². The summed E-state index contributed by atoms with van der Waals surface area (Å²) in [7, 11) is 0. The van der Waals surface area contributed by atoms with Crippen molar-refractivity contribution in [2.45, 2.75) is 6.92 Å². The number of nitrogens with zero attached hydrogens (tertiary/aromatic N) is 3. The third-order valence-electron chi connectivity index (χ3n) is 1.96. The van der Waals surface area contributed by atoms with E-state index >= 15 is 0 Å². The summed E-state index contributed by atoms with van der Waals surface area (Å²) in [6.07, 6.45) is 3.18. The molecule has 0 aliphatic carbocycles. The fourth-order valence-corrected chi connectivity index (χ4v) is 1.15. The van der Waals surface area contributed by atoms with Gasteiger partial charge < -0.3 is 0 Å². The van der Waals surface area contributed by atoms with E-state index in [0.29, 0.717) is 0 Å². The van der Waals surface area contributed by atoms with Crippen LogP contribution in [0.5, 0.6) is 0 Å². The summed E-state index contributed by atoms with van der Waals surface area (Å²) in [5.41, 5.74) is 1.55. The summed E-state index contributed by atoms with van der Waals surface area (Å²) < 4.78 is 14.7. The molecule has 0 bridgehead atoms. The van der Waals surface area contributed by atoms with E-state index in [1.807, 2.05) is 6.92 Å². The summed E-state index contributed by atoms with van der Waals surface area (Å²) in [5, 5.41) is 4.09. The highest BCUT2D eigenvalue weighted by molar-refractivity contribution is 5.28. The van der Waals surface area contributed by atoms with Gasteiger partial charge in [0.2, 0.25) is 0 Å². The molecule has 0 amide bonds. The minimum Gasteiger partial charge on any atom is -0.235 e. The zero-order valence-corrected chi connectivity index (χ0v) is 7.74. The molecule has 2 rings (SSSR count). The molecule has 0 spiro atoms. The molecule has 2 aromatic heterocycles. The molecule has 4 heteroatoms. The van der Waals surface area contributed by atoms with Crippen LogP contribution in [0.1, 0.15) is 11.3 Å². The normalized spacial score (nSPS) is 10.5. The Bertz CT molecular complexity index is 443. The number of halogens is 1. The highest BCUT2D eigenvalue weighted by atomic mass is 19.1. The van der Waals surface area contributed by atoms with Gasteiger partial charge in [0.1, 0.15) is 0 Å². The molecular formula is C10H9FN3. The van der Waals surface area contributed by atoms with Crippen LogP contribution in [0.4, 0.5) is 4.39 Å². The van der Waals surface area contributed by atoms with E-state index in [1.54, 1.807) is 12.3 Å². The quantitative estimate of drug-likeness (QED) is 0.687. The Morgan fingerprint density at radius 1 is 1.50 bits per heavy atom. The fraction of sp³-hybridized carbons (Fsp3) is 0.100. The number of hydrogen-bond acceptors (Lipinski definition) is 2. The number of aryl methyl sites for hydroxylation is 1. The van der Waals surface area contributed by atoms with Crippen LogP contribution in [-0.4, -0.2) is 14.8 Å². The average molecular weight is 190 g/mol. The topological polar surface area (TPSA) is 30.7 Å². The summed E-state index contributed by atoms with van der Waals surface area (Å²) in [6, 6.07) is 2.89. The van der Waals surface area contributed by atoms with Crippen molar-refractivity contribution >= 4 is 0 Å². The molecule has 3 nitrogen and oxygen atoms in total. The molecule has 0 aliphatic rings. The van der Waals surface area contributed by atoms with Crippen molar-refractivity contribution in [3.05, 3.63) is 48.5 Å². The van der Waals surface area contributed by atoms with Crippen LogP contribution in [0, 0.1) is 19.7 Å². The van der Waals surface area contributed by atoms with Crippen molar-refractivity contribution in [3.63, 3.8) is 0 Å². The van der Waals surface area contributed by atoms with Crippen molar-refractivity contribution in [1.29, 1.82) is 0 Å². The number of hydrogen-bond donors (Lipinski definition) is 0. The third-order valence-corrected chi connectivity index (χ3v) is 1.96. The van der Waals surface area contributed by atoms with E-state index < -0.39 is 5.82 Å². The second-order valence-electron chi connectivity index (χ2n) is 2.99. The van der Waals surface area contributed by atoms with Gasteiger partial charge in [-0.25, -0.2) is 14.1 Å². The van der Waals surface area contributed by atoms with Crippen molar-refractivity contribution in [2.75, 3.05) is 0 Å². The molecule has 0 fully saturated rings. The molecule has 1 radical (unpaired) electrons. The lowest BCUT2D eigenvalue weighted by atomic mass is 10.3. The first-order chi connectivity index (χ1) is 6.68. The second kappa shape index (κ2) is 3.21. The predicted octanol–water partition coefficient (Wildman–Crippen LogP) is 1.90. The van der Waals surface area contributed by atoms with Crippen LogP contribution >= 0.6 is 0 Å². The molecule has 0 N–H and O–H groups in total. The number of aromatic nitrogens is 3. The molecule has 0 aromatic carbocycles. The zero-order valence-electron chi connectivity index (χ0n) is 7.74. The lowest BCUT2D eigenvalue weighted by Crippen LogP contribution is -2.01. The van der Waals surface area contributed by atoms with Gasteiger partial charge in [-0.3, -0.25) is 0 Å². The predicted molar refractivity (Wildman–Crippen MR) is 50.5 cm³/mol. The average Bonchev–Trinajstić information content (AvgIpc) is 2.48. The highest BCUT2D eigenvalue weighted by Gasteiger charge is 2.07. The Balaban J connectivity index is 2.55. The Hall–Kier alpha value is -1.71. The van der Waals surface area contributed by atoms with Crippen LogP contribution in [0.25, 0.3) is 5.82 Å². The van der Waals surface area contributed by atoms with Crippen molar-refractivity contribution < 1.29 is 4.39 Å². The highest BCUT2D eigenvalue weighted by Crippen LogP contribution is 2.11. The Labute approximate surface area is 81.2 Å². The summed E-state index contributed by atoms with van der Waals surface area (Å²) >= 11 is 0. The van der Waals surface area contributed by atoms with E-state index in [1.165, 1.54) is 16.9 Å². The lowest BCUT2D eigenvalue weighted by molar-refractivity contribution is 0.600. The first kappa shape index (κ1) is 8.87. The SMILES string of the molecule is [CH2]c1cn(-c2ncccc2F)nc1C. The van der Waals surface area contributed by atoms with Gasteiger partial charge in [-0.2, -0.15) is 5.10 Å². The van der Waals surface area contributed by atoms with Gasteiger partial charge in [0.15, 0.2) is 11.6 Å². The number of pyridine rings is 1. The third kappa shape index (κ3) is 1.39. The molecule has 2 heterocycles. The molecule has 14 heavy (non-hydrogen) atoms. The van der Waals surface area contributed by atoms with Gasteiger partial charge in [-0.05, 0) is 31.5 Å². The van der Waals surface area contributed by atoms with E-state index in [9.17, 15) is 4.39 Å². The van der Waals surface area contributed by atoms with Crippen molar-refractivity contribution in [1.82, 2.24) is 14.8 Å². The van der Waals surface area contributed by atoms with Crippen LogP contribution in [0.3, 0.4) is 0 Å². The van der Waals surface area contributed by atoms with Crippen LogP contribution in [-0.2, 0) is 0 Å². The zero-order chi connectivity index (χ0) is 10.1. The summed E-state index contributed by atoms with van der Waals surface area (Å²) in [6.45, 7) is 5.58. The molecule has 0 saturated carbocycles. The lowest BCUT2D eigenvalue weighted by Gasteiger charge is -1.99. The van der Waals surface area contributed by atoms with Gasteiger partial charge in [0.05, 0.1) is 5.69 Å². The maximum Gasteiger partial charge on any atom is 0.189 e. The Kier molecular flexibility index (Phi) is 2.04.